The molecule has 1 fully saturated rings. The van der Waals surface area contributed by atoms with Crippen molar-refractivity contribution in [2.75, 3.05) is 17.2 Å². The Bertz CT molecular complexity index is 322. The standard InChI is InChI=1S/C12H18N2/c1-9-6-10(2)14(8-9)12-5-3-4-11(13)7-12/h3-5,7,9-10H,6,8,13H2,1-2H3. The van der Waals surface area contributed by atoms with Crippen LogP contribution in [0.5, 0.6) is 0 Å². The highest BCUT2D eigenvalue weighted by Gasteiger charge is 2.25. The fourth-order valence-corrected chi connectivity index (χ4v) is 2.36. The van der Waals surface area contributed by atoms with Gasteiger partial charge < -0.3 is 10.6 Å². The third kappa shape index (κ3) is 1.69. The topological polar surface area (TPSA) is 29.3 Å². The number of hydrogen-bond acceptors (Lipinski definition) is 2. The second-order valence-electron chi connectivity index (χ2n) is 4.44. The molecule has 1 saturated heterocycles. The molecule has 76 valence electrons. The van der Waals surface area contributed by atoms with E-state index in [1.807, 2.05) is 12.1 Å². The molecule has 0 bridgehead atoms. The Morgan fingerprint density at radius 1 is 1.36 bits per heavy atom. The normalized spacial score (nSPS) is 26.9. The zero-order valence-electron chi connectivity index (χ0n) is 8.90. The summed E-state index contributed by atoms with van der Waals surface area (Å²) in [6.07, 6.45) is 1.29. The predicted molar refractivity (Wildman–Crippen MR) is 61.4 cm³/mol. The highest BCUT2D eigenvalue weighted by atomic mass is 15.2. The predicted octanol–water partition coefficient (Wildman–Crippen LogP) is 2.50. The monoisotopic (exact) mass is 190 g/mol. The molecule has 0 spiro atoms. The van der Waals surface area contributed by atoms with Crippen molar-refractivity contribution in [2.24, 2.45) is 5.92 Å². The van der Waals surface area contributed by atoms with Crippen LogP contribution in [-0.2, 0) is 0 Å². The summed E-state index contributed by atoms with van der Waals surface area (Å²) < 4.78 is 0. The van der Waals surface area contributed by atoms with Gasteiger partial charge in [0.05, 0.1) is 0 Å². The second-order valence-corrected chi connectivity index (χ2v) is 4.44. The van der Waals surface area contributed by atoms with E-state index < -0.39 is 0 Å². The molecule has 1 aliphatic heterocycles. The number of benzene rings is 1. The Hall–Kier alpha value is -1.18. The molecule has 14 heavy (non-hydrogen) atoms. The van der Waals surface area contributed by atoms with Crippen LogP contribution in [0.2, 0.25) is 0 Å². The Morgan fingerprint density at radius 3 is 2.71 bits per heavy atom. The minimum absolute atomic E-state index is 0.645. The SMILES string of the molecule is CC1CC(C)N(c2cccc(N)c2)C1. The van der Waals surface area contributed by atoms with E-state index in [1.165, 1.54) is 12.1 Å². The van der Waals surface area contributed by atoms with E-state index >= 15 is 0 Å². The minimum atomic E-state index is 0.645. The fraction of sp³-hybridized carbons (Fsp3) is 0.500. The molecule has 2 nitrogen and oxygen atoms in total. The molecule has 0 aromatic heterocycles. The zero-order chi connectivity index (χ0) is 10.1. The van der Waals surface area contributed by atoms with Crippen LogP contribution in [0.3, 0.4) is 0 Å². The van der Waals surface area contributed by atoms with Gasteiger partial charge in [-0.1, -0.05) is 13.0 Å². The Morgan fingerprint density at radius 2 is 2.14 bits per heavy atom. The molecule has 2 atom stereocenters. The lowest BCUT2D eigenvalue weighted by Crippen LogP contribution is -2.26. The fourth-order valence-electron chi connectivity index (χ4n) is 2.36. The summed E-state index contributed by atoms with van der Waals surface area (Å²) in [7, 11) is 0. The van der Waals surface area contributed by atoms with Crippen LogP contribution >= 0.6 is 0 Å². The molecular weight excluding hydrogens is 172 g/mol. The summed E-state index contributed by atoms with van der Waals surface area (Å²) in [5.41, 5.74) is 7.90. The van der Waals surface area contributed by atoms with E-state index in [4.69, 9.17) is 5.73 Å². The van der Waals surface area contributed by atoms with Crippen LogP contribution in [0.4, 0.5) is 11.4 Å². The van der Waals surface area contributed by atoms with E-state index in [0.717, 1.165) is 18.2 Å². The van der Waals surface area contributed by atoms with Crippen LogP contribution in [0, 0.1) is 5.92 Å². The van der Waals surface area contributed by atoms with Crippen molar-refractivity contribution in [3.63, 3.8) is 0 Å². The molecule has 0 saturated carbocycles. The molecular formula is C12H18N2. The smallest absolute Gasteiger partial charge is 0.0389 e. The summed E-state index contributed by atoms with van der Waals surface area (Å²) >= 11 is 0. The van der Waals surface area contributed by atoms with Gasteiger partial charge in [-0.05, 0) is 37.5 Å². The molecule has 2 rings (SSSR count). The summed E-state index contributed by atoms with van der Waals surface area (Å²) in [5, 5.41) is 0. The van der Waals surface area contributed by atoms with Crippen LogP contribution in [0.1, 0.15) is 20.3 Å². The summed E-state index contributed by atoms with van der Waals surface area (Å²) in [4.78, 5) is 2.45. The lowest BCUT2D eigenvalue weighted by molar-refractivity contribution is 0.625. The van der Waals surface area contributed by atoms with E-state index in [9.17, 15) is 0 Å². The molecule has 1 aromatic carbocycles. The van der Waals surface area contributed by atoms with E-state index in [2.05, 4.69) is 30.9 Å². The molecule has 0 amide bonds. The van der Waals surface area contributed by atoms with Gasteiger partial charge in [0.1, 0.15) is 0 Å². The molecule has 2 N–H and O–H groups in total. The number of nitrogens with zero attached hydrogens (tertiary/aromatic N) is 1. The van der Waals surface area contributed by atoms with Gasteiger partial charge in [-0.2, -0.15) is 0 Å². The van der Waals surface area contributed by atoms with Crippen molar-refractivity contribution in [3.05, 3.63) is 24.3 Å². The quantitative estimate of drug-likeness (QED) is 0.689. The molecule has 2 heteroatoms. The Labute approximate surface area is 85.7 Å². The molecule has 2 unspecified atom stereocenters. The van der Waals surface area contributed by atoms with Gasteiger partial charge in [0.25, 0.3) is 0 Å². The Balaban J connectivity index is 2.23. The third-order valence-electron chi connectivity index (χ3n) is 2.99. The van der Waals surface area contributed by atoms with Gasteiger partial charge in [-0.3, -0.25) is 0 Å². The van der Waals surface area contributed by atoms with Crippen molar-refractivity contribution in [2.45, 2.75) is 26.3 Å². The van der Waals surface area contributed by atoms with Crippen LogP contribution in [0.25, 0.3) is 0 Å². The molecule has 0 aliphatic carbocycles. The molecule has 1 heterocycles. The lowest BCUT2D eigenvalue weighted by atomic mass is 10.1. The molecule has 1 aliphatic rings. The van der Waals surface area contributed by atoms with Crippen molar-refractivity contribution in [3.8, 4) is 0 Å². The van der Waals surface area contributed by atoms with Crippen LogP contribution < -0.4 is 10.6 Å². The number of rotatable bonds is 1. The first kappa shape index (κ1) is 9.38. The zero-order valence-corrected chi connectivity index (χ0v) is 8.90. The molecule has 1 aromatic rings. The highest BCUT2D eigenvalue weighted by molar-refractivity contribution is 5.57. The first-order valence-electron chi connectivity index (χ1n) is 5.29. The van der Waals surface area contributed by atoms with Gasteiger partial charge in [-0.15, -0.1) is 0 Å². The first-order chi connectivity index (χ1) is 6.66. The van der Waals surface area contributed by atoms with Crippen molar-refractivity contribution < 1.29 is 0 Å². The van der Waals surface area contributed by atoms with Gasteiger partial charge in [-0.25, -0.2) is 0 Å². The van der Waals surface area contributed by atoms with Crippen molar-refractivity contribution in [1.29, 1.82) is 0 Å². The van der Waals surface area contributed by atoms with E-state index in [1.54, 1.807) is 0 Å². The number of nitrogens with two attached hydrogens (primary N) is 1. The average molecular weight is 190 g/mol. The number of nitrogen functional groups attached to an aromatic ring is 1. The maximum absolute atomic E-state index is 5.78. The van der Waals surface area contributed by atoms with Gasteiger partial charge in [0.2, 0.25) is 0 Å². The van der Waals surface area contributed by atoms with E-state index in [0.29, 0.717) is 6.04 Å². The largest absolute Gasteiger partial charge is 0.399 e. The van der Waals surface area contributed by atoms with Gasteiger partial charge in [0, 0.05) is 24.0 Å². The van der Waals surface area contributed by atoms with Crippen LogP contribution in [-0.4, -0.2) is 12.6 Å². The Kier molecular flexibility index (Phi) is 2.36. The van der Waals surface area contributed by atoms with Crippen molar-refractivity contribution >= 4 is 11.4 Å². The number of anilines is 2. The third-order valence-corrected chi connectivity index (χ3v) is 2.99. The summed E-state index contributed by atoms with van der Waals surface area (Å²) in [6, 6.07) is 8.82. The molecule has 0 radical (unpaired) electrons. The van der Waals surface area contributed by atoms with Crippen molar-refractivity contribution in [1.82, 2.24) is 0 Å². The number of hydrogen-bond donors (Lipinski definition) is 1. The summed E-state index contributed by atoms with van der Waals surface area (Å²) in [5.74, 6) is 0.798. The lowest BCUT2D eigenvalue weighted by Gasteiger charge is -2.24. The van der Waals surface area contributed by atoms with Crippen LogP contribution in [0.15, 0.2) is 24.3 Å². The van der Waals surface area contributed by atoms with Gasteiger partial charge >= 0.3 is 0 Å². The second kappa shape index (κ2) is 3.52. The first-order valence-corrected chi connectivity index (χ1v) is 5.29. The minimum Gasteiger partial charge on any atom is -0.399 e. The summed E-state index contributed by atoms with van der Waals surface area (Å²) in [6.45, 7) is 5.75. The average Bonchev–Trinajstić information content (AvgIpc) is 2.45. The highest BCUT2D eigenvalue weighted by Crippen LogP contribution is 2.29. The maximum atomic E-state index is 5.78. The van der Waals surface area contributed by atoms with Gasteiger partial charge in [0.15, 0.2) is 0 Å². The maximum Gasteiger partial charge on any atom is 0.0389 e. The van der Waals surface area contributed by atoms with E-state index in [-0.39, 0.29) is 0 Å².